The lowest BCUT2D eigenvalue weighted by atomic mass is 10.2. The number of carbonyl (C=O) groups excluding carboxylic acids is 1. The first-order valence-electron chi connectivity index (χ1n) is 4.18. The molecule has 0 aromatic heterocycles. The Bertz CT molecular complexity index is 316. The molecule has 1 aromatic carbocycles. The van der Waals surface area contributed by atoms with E-state index in [1.54, 1.807) is 12.1 Å². The van der Waals surface area contributed by atoms with Crippen LogP contribution in [0.15, 0.2) is 18.2 Å². The van der Waals surface area contributed by atoms with Gasteiger partial charge in [-0.2, -0.15) is 0 Å². The molecule has 0 bridgehead atoms. The molecule has 0 aliphatic heterocycles. The highest BCUT2D eigenvalue weighted by atomic mass is 16.6. The van der Waals surface area contributed by atoms with E-state index in [1.807, 2.05) is 13.0 Å². The number of hydrogen-bond acceptors (Lipinski definition) is 4. The van der Waals surface area contributed by atoms with Crippen molar-refractivity contribution in [2.75, 3.05) is 19.5 Å². The maximum atomic E-state index is 10.8. The average Bonchev–Trinajstić information content (AvgIpc) is 2.12. The quantitative estimate of drug-likeness (QED) is 0.580. The van der Waals surface area contributed by atoms with Gasteiger partial charge >= 0.3 is 5.97 Å². The van der Waals surface area contributed by atoms with Gasteiger partial charge in [0.05, 0.1) is 7.11 Å². The predicted octanol–water partition coefficient (Wildman–Crippen LogP) is 1.13. The van der Waals surface area contributed by atoms with Crippen molar-refractivity contribution in [3.05, 3.63) is 23.8 Å². The minimum atomic E-state index is -0.412. The van der Waals surface area contributed by atoms with Crippen molar-refractivity contribution in [1.82, 2.24) is 0 Å². The molecule has 0 fully saturated rings. The van der Waals surface area contributed by atoms with E-state index < -0.39 is 5.97 Å². The van der Waals surface area contributed by atoms with Crippen molar-refractivity contribution in [2.24, 2.45) is 0 Å². The summed E-state index contributed by atoms with van der Waals surface area (Å²) in [5.74, 6) is 0.165. The Kier molecular flexibility index (Phi) is 3.34. The second kappa shape index (κ2) is 4.50. The molecule has 14 heavy (non-hydrogen) atoms. The van der Waals surface area contributed by atoms with E-state index in [1.165, 1.54) is 7.11 Å². The molecule has 4 heteroatoms. The number of esters is 1. The topological polar surface area (TPSA) is 61.5 Å². The maximum absolute atomic E-state index is 10.8. The number of aryl methyl sites for hydroxylation is 1. The van der Waals surface area contributed by atoms with Gasteiger partial charge in [-0.05, 0) is 24.6 Å². The van der Waals surface area contributed by atoms with Crippen molar-refractivity contribution in [1.29, 1.82) is 0 Å². The molecule has 4 nitrogen and oxygen atoms in total. The molecule has 0 unspecified atom stereocenters. The van der Waals surface area contributed by atoms with Crippen molar-refractivity contribution in [3.8, 4) is 5.75 Å². The summed E-state index contributed by atoms with van der Waals surface area (Å²) in [5.41, 5.74) is 7.21. The van der Waals surface area contributed by atoms with Gasteiger partial charge in [0.1, 0.15) is 5.75 Å². The summed E-state index contributed by atoms with van der Waals surface area (Å²) in [6, 6.07) is 5.29. The highest BCUT2D eigenvalue weighted by molar-refractivity contribution is 5.70. The minimum Gasteiger partial charge on any atom is -0.482 e. The highest BCUT2D eigenvalue weighted by Gasteiger charge is 2.02. The summed E-state index contributed by atoms with van der Waals surface area (Å²) < 4.78 is 9.60. The largest absolute Gasteiger partial charge is 0.482 e. The number of carbonyl (C=O) groups is 1. The van der Waals surface area contributed by atoms with Gasteiger partial charge in [0.2, 0.25) is 0 Å². The lowest BCUT2D eigenvalue weighted by Gasteiger charge is -2.06. The Morgan fingerprint density at radius 3 is 2.71 bits per heavy atom. The van der Waals surface area contributed by atoms with Gasteiger partial charge in [0.25, 0.3) is 0 Å². The monoisotopic (exact) mass is 195 g/mol. The maximum Gasteiger partial charge on any atom is 0.343 e. The molecular formula is C10H13NO3. The Hall–Kier alpha value is -1.71. The zero-order chi connectivity index (χ0) is 10.6. The van der Waals surface area contributed by atoms with Gasteiger partial charge in [-0.25, -0.2) is 4.79 Å². The molecule has 0 aliphatic rings. The number of ether oxygens (including phenoxy) is 2. The fourth-order valence-electron chi connectivity index (χ4n) is 1.06. The first kappa shape index (κ1) is 10.4. The lowest BCUT2D eigenvalue weighted by Crippen LogP contribution is -2.12. The third kappa shape index (κ3) is 2.97. The van der Waals surface area contributed by atoms with Crippen LogP contribution in [0.5, 0.6) is 5.75 Å². The van der Waals surface area contributed by atoms with E-state index in [-0.39, 0.29) is 6.61 Å². The fourth-order valence-corrected chi connectivity index (χ4v) is 1.06. The smallest absolute Gasteiger partial charge is 0.343 e. The third-order valence-electron chi connectivity index (χ3n) is 1.66. The molecule has 0 amide bonds. The molecular weight excluding hydrogens is 182 g/mol. The normalized spacial score (nSPS) is 9.57. The van der Waals surface area contributed by atoms with E-state index in [4.69, 9.17) is 10.5 Å². The first-order chi connectivity index (χ1) is 6.61. The van der Waals surface area contributed by atoms with Crippen LogP contribution in [0.1, 0.15) is 5.56 Å². The van der Waals surface area contributed by atoms with Crippen molar-refractivity contribution >= 4 is 11.7 Å². The number of rotatable bonds is 3. The molecule has 0 aliphatic carbocycles. The first-order valence-corrected chi connectivity index (χ1v) is 4.18. The van der Waals surface area contributed by atoms with Crippen molar-refractivity contribution in [3.63, 3.8) is 0 Å². The summed E-state index contributed by atoms with van der Waals surface area (Å²) >= 11 is 0. The van der Waals surface area contributed by atoms with Gasteiger partial charge in [-0.1, -0.05) is 0 Å². The van der Waals surface area contributed by atoms with E-state index >= 15 is 0 Å². The second-order valence-corrected chi connectivity index (χ2v) is 2.94. The van der Waals surface area contributed by atoms with Crippen LogP contribution in [0.4, 0.5) is 5.69 Å². The molecule has 0 saturated carbocycles. The Balaban J connectivity index is 2.63. The van der Waals surface area contributed by atoms with Crippen LogP contribution in [-0.2, 0) is 9.53 Å². The standard InChI is InChI=1S/C10H13NO3/c1-7-3-8(11)5-9(4-7)14-6-10(12)13-2/h3-5H,6,11H2,1-2H3. The van der Waals surface area contributed by atoms with Gasteiger partial charge in [0, 0.05) is 11.8 Å². The molecule has 76 valence electrons. The van der Waals surface area contributed by atoms with Gasteiger partial charge in [-0.3, -0.25) is 0 Å². The van der Waals surface area contributed by atoms with Crippen LogP contribution in [0.2, 0.25) is 0 Å². The third-order valence-corrected chi connectivity index (χ3v) is 1.66. The Morgan fingerprint density at radius 2 is 2.14 bits per heavy atom. The molecule has 0 spiro atoms. The number of benzene rings is 1. The predicted molar refractivity (Wildman–Crippen MR) is 53.1 cm³/mol. The molecule has 0 atom stereocenters. The molecule has 0 radical (unpaired) electrons. The molecule has 0 saturated heterocycles. The number of nitrogen functional groups attached to an aromatic ring is 1. The molecule has 1 rings (SSSR count). The SMILES string of the molecule is COC(=O)COc1cc(C)cc(N)c1. The second-order valence-electron chi connectivity index (χ2n) is 2.94. The van der Waals surface area contributed by atoms with Gasteiger partial charge < -0.3 is 15.2 Å². The van der Waals surface area contributed by atoms with Crippen LogP contribution in [0, 0.1) is 6.92 Å². The lowest BCUT2D eigenvalue weighted by molar-refractivity contribution is -0.142. The van der Waals surface area contributed by atoms with Crippen molar-refractivity contribution in [2.45, 2.75) is 6.92 Å². The van der Waals surface area contributed by atoms with E-state index in [0.29, 0.717) is 11.4 Å². The number of hydrogen-bond donors (Lipinski definition) is 1. The summed E-state index contributed by atoms with van der Waals surface area (Å²) in [6.07, 6.45) is 0. The van der Waals surface area contributed by atoms with Crippen LogP contribution < -0.4 is 10.5 Å². The Morgan fingerprint density at radius 1 is 1.43 bits per heavy atom. The zero-order valence-corrected chi connectivity index (χ0v) is 8.24. The van der Waals surface area contributed by atoms with Gasteiger partial charge in [0.15, 0.2) is 6.61 Å². The van der Waals surface area contributed by atoms with Crippen LogP contribution in [0.25, 0.3) is 0 Å². The van der Waals surface area contributed by atoms with Crippen LogP contribution >= 0.6 is 0 Å². The number of methoxy groups -OCH3 is 1. The van der Waals surface area contributed by atoms with Crippen molar-refractivity contribution < 1.29 is 14.3 Å². The number of anilines is 1. The van der Waals surface area contributed by atoms with Crippen LogP contribution in [-0.4, -0.2) is 19.7 Å². The zero-order valence-electron chi connectivity index (χ0n) is 8.24. The minimum absolute atomic E-state index is 0.0978. The summed E-state index contributed by atoms with van der Waals surface area (Å²) in [4.78, 5) is 10.8. The van der Waals surface area contributed by atoms with E-state index in [9.17, 15) is 4.79 Å². The Labute approximate surface area is 82.6 Å². The van der Waals surface area contributed by atoms with Gasteiger partial charge in [-0.15, -0.1) is 0 Å². The van der Waals surface area contributed by atoms with Crippen LogP contribution in [0.3, 0.4) is 0 Å². The highest BCUT2D eigenvalue weighted by Crippen LogP contribution is 2.17. The molecule has 2 N–H and O–H groups in total. The van der Waals surface area contributed by atoms with E-state index in [0.717, 1.165) is 5.56 Å². The summed E-state index contributed by atoms with van der Waals surface area (Å²) in [6.45, 7) is 1.81. The average molecular weight is 195 g/mol. The number of nitrogens with two attached hydrogens (primary N) is 1. The molecule has 0 heterocycles. The fraction of sp³-hybridized carbons (Fsp3) is 0.300. The van der Waals surface area contributed by atoms with E-state index in [2.05, 4.69) is 4.74 Å². The summed E-state index contributed by atoms with van der Waals surface area (Å²) in [7, 11) is 1.32. The summed E-state index contributed by atoms with van der Waals surface area (Å²) in [5, 5.41) is 0. The molecule has 1 aromatic rings.